The van der Waals surface area contributed by atoms with E-state index in [0.717, 1.165) is 31.7 Å². The van der Waals surface area contributed by atoms with Crippen molar-refractivity contribution in [3.05, 3.63) is 24.3 Å². The maximum Gasteiger partial charge on any atom is 0.321 e. The predicted octanol–water partition coefficient (Wildman–Crippen LogP) is 2.16. The quantitative estimate of drug-likeness (QED) is 0.886. The molecule has 5 nitrogen and oxygen atoms in total. The van der Waals surface area contributed by atoms with Crippen molar-refractivity contribution >= 4 is 11.7 Å². The van der Waals surface area contributed by atoms with Gasteiger partial charge in [-0.3, -0.25) is 0 Å². The third-order valence-corrected chi connectivity index (χ3v) is 3.65. The average Bonchev–Trinajstić information content (AvgIpc) is 2.48. The Balaban J connectivity index is 1.97. The summed E-state index contributed by atoms with van der Waals surface area (Å²) in [5.74, 6) is 1.22. The molecule has 2 rings (SSSR count). The molecule has 0 saturated carbocycles. The second-order valence-corrected chi connectivity index (χ2v) is 5.14. The SMILES string of the molecule is CNCC1CCCN(C(=O)Nc2ccccc2OC)C1. The van der Waals surface area contributed by atoms with Gasteiger partial charge in [-0.15, -0.1) is 0 Å². The van der Waals surface area contributed by atoms with Crippen molar-refractivity contribution in [2.75, 3.05) is 39.1 Å². The summed E-state index contributed by atoms with van der Waals surface area (Å²) >= 11 is 0. The van der Waals surface area contributed by atoms with E-state index in [1.165, 1.54) is 6.42 Å². The average molecular weight is 277 g/mol. The van der Waals surface area contributed by atoms with Gasteiger partial charge in [0.2, 0.25) is 0 Å². The number of hydrogen-bond acceptors (Lipinski definition) is 3. The van der Waals surface area contributed by atoms with Gasteiger partial charge in [0.15, 0.2) is 0 Å². The molecular formula is C15H23N3O2. The highest BCUT2D eigenvalue weighted by Gasteiger charge is 2.23. The molecule has 0 aliphatic carbocycles. The number of amides is 2. The molecule has 1 fully saturated rings. The molecule has 1 aliphatic heterocycles. The number of urea groups is 1. The van der Waals surface area contributed by atoms with E-state index in [2.05, 4.69) is 10.6 Å². The summed E-state index contributed by atoms with van der Waals surface area (Å²) in [4.78, 5) is 14.2. The molecule has 1 saturated heterocycles. The van der Waals surface area contributed by atoms with Crippen LogP contribution in [0.1, 0.15) is 12.8 Å². The number of likely N-dealkylation sites (tertiary alicyclic amines) is 1. The van der Waals surface area contributed by atoms with Gasteiger partial charge in [0.1, 0.15) is 5.75 Å². The van der Waals surface area contributed by atoms with Crippen LogP contribution in [0.5, 0.6) is 5.75 Å². The monoisotopic (exact) mass is 277 g/mol. The van der Waals surface area contributed by atoms with Crippen molar-refractivity contribution in [1.82, 2.24) is 10.2 Å². The maximum absolute atomic E-state index is 12.3. The Morgan fingerprint density at radius 1 is 1.45 bits per heavy atom. The van der Waals surface area contributed by atoms with Crippen LogP contribution < -0.4 is 15.4 Å². The van der Waals surface area contributed by atoms with Gasteiger partial charge in [-0.1, -0.05) is 12.1 Å². The number of anilines is 1. The summed E-state index contributed by atoms with van der Waals surface area (Å²) in [5.41, 5.74) is 0.718. The van der Waals surface area contributed by atoms with Crippen LogP contribution in [-0.2, 0) is 0 Å². The second kappa shape index (κ2) is 7.14. The van der Waals surface area contributed by atoms with E-state index >= 15 is 0 Å². The zero-order valence-electron chi connectivity index (χ0n) is 12.2. The van der Waals surface area contributed by atoms with Crippen molar-refractivity contribution in [2.24, 2.45) is 5.92 Å². The minimum Gasteiger partial charge on any atom is -0.495 e. The highest BCUT2D eigenvalue weighted by molar-refractivity contribution is 5.91. The largest absolute Gasteiger partial charge is 0.495 e. The van der Waals surface area contributed by atoms with Crippen LogP contribution in [-0.4, -0.2) is 44.7 Å². The Labute approximate surface area is 120 Å². The van der Waals surface area contributed by atoms with Crippen LogP contribution in [0.2, 0.25) is 0 Å². The molecule has 0 bridgehead atoms. The molecule has 1 aromatic rings. The topological polar surface area (TPSA) is 53.6 Å². The number of methoxy groups -OCH3 is 1. The van der Waals surface area contributed by atoms with E-state index in [9.17, 15) is 4.79 Å². The first-order chi connectivity index (χ1) is 9.74. The molecule has 0 aromatic heterocycles. The Morgan fingerprint density at radius 3 is 3.00 bits per heavy atom. The summed E-state index contributed by atoms with van der Waals surface area (Å²) < 4.78 is 5.25. The molecule has 110 valence electrons. The Kier molecular flexibility index (Phi) is 5.24. The summed E-state index contributed by atoms with van der Waals surface area (Å²) in [5, 5.41) is 6.12. The number of ether oxygens (including phenoxy) is 1. The molecule has 20 heavy (non-hydrogen) atoms. The van der Waals surface area contributed by atoms with E-state index in [-0.39, 0.29) is 6.03 Å². The van der Waals surface area contributed by atoms with Crippen LogP contribution in [0.4, 0.5) is 10.5 Å². The van der Waals surface area contributed by atoms with E-state index < -0.39 is 0 Å². The normalized spacial score (nSPS) is 18.7. The summed E-state index contributed by atoms with van der Waals surface area (Å²) in [7, 11) is 3.56. The van der Waals surface area contributed by atoms with Crippen LogP contribution in [0, 0.1) is 5.92 Å². The van der Waals surface area contributed by atoms with Crippen LogP contribution in [0.15, 0.2) is 24.3 Å². The molecular weight excluding hydrogens is 254 g/mol. The van der Waals surface area contributed by atoms with Gasteiger partial charge in [0.25, 0.3) is 0 Å². The van der Waals surface area contributed by atoms with Gasteiger partial charge in [0.05, 0.1) is 12.8 Å². The Hall–Kier alpha value is -1.75. The summed E-state index contributed by atoms with van der Waals surface area (Å²) in [6, 6.07) is 7.42. The van der Waals surface area contributed by atoms with Crippen LogP contribution in [0.3, 0.4) is 0 Å². The fourth-order valence-electron chi connectivity index (χ4n) is 2.65. The number of para-hydroxylation sites is 2. The zero-order chi connectivity index (χ0) is 14.4. The number of rotatable bonds is 4. The van der Waals surface area contributed by atoms with Gasteiger partial charge in [0, 0.05) is 13.1 Å². The molecule has 1 atom stereocenters. The molecule has 1 aromatic carbocycles. The fraction of sp³-hybridized carbons (Fsp3) is 0.533. The fourth-order valence-corrected chi connectivity index (χ4v) is 2.65. The standard InChI is InChI=1S/C15H23N3O2/c1-16-10-12-6-5-9-18(11-12)15(19)17-13-7-3-4-8-14(13)20-2/h3-4,7-8,12,16H,5-6,9-11H2,1-2H3,(H,17,19). The number of carbonyl (C=O) groups is 1. The van der Waals surface area contributed by atoms with Gasteiger partial charge >= 0.3 is 6.03 Å². The first-order valence-corrected chi connectivity index (χ1v) is 7.08. The lowest BCUT2D eigenvalue weighted by atomic mass is 9.98. The van der Waals surface area contributed by atoms with Crippen molar-refractivity contribution in [3.8, 4) is 5.75 Å². The van der Waals surface area contributed by atoms with Gasteiger partial charge in [-0.05, 0) is 44.5 Å². The molecule has 0 spiro atoms. The first-order valence-electron chi connectivity index (χ1n) is 7.08. The lowest BCUT2D eigenvalue weighted by Crippen LogP contribution is -2.44. The number of piperidine rings is 1. The van der Waals surface area contributed by atoms with Crippen molar-refractivity contribution in [3.63, 3.8) is 0 Å². The lowest BCUT2D eigenvalue weighted by Gasteiger charge is -2.32. The van der Waals surface area contributed by atoms with E-state index in [1.807, 2.05) is 36.2 Å². The van der Waals surface area contributed by atoms with Crippen molar-refractivity contribution in [2.45, 2.75) is 12.8 Å². The molecule has 5 heteroatoms. The Bertz CT molecular complexity index is 448. The second-order valence-electron chi connectivity index (χ2n) is 5.14. The van der Waals surface area contributed by atoms with E-state index in [4.69, 9.17) is 4.74 Å². The molecule has 0 radical (unpaired) electrons. The molecule has 1 aliphatic rings. The van der Waals surface area contributed by atoms with Crippen LogP contribution in [0.25, 0.3) is 0 Å². The third-order valence-electron chi connectivity index (χ3n) is 3.65. The Morgan fingerprint density at radius 2 is 2.25 bits per heavy atom. The van der Waals surface area contributed by atoms with Gasteiger partial charge in [-0.2, -0.15) is 0 Å². The highest BCUT2D eigenvalue weighted by atomic mass is 16.5. The molecule has 2 amide bonds. The molecule has 1 heterocycles. The van der Waals surface area contributed by atoms with E-state index in [0.29, 0.717) is 11.7 Å². The number of nitrogens with zero attached hydrogens (tertiary/aromatic N) is 1. The van der Waals surface area contributed by atoms with Crippen molar-refractivity contribution < 1.29 is 9.53 Å². The summed E-state index contributed by atoms with van der Waals surface area (Å²) in [6.07, 6.45) is 2.24. The highest BCUT2D eigenvalue weighted by Crippen LogP contribution is 2.24. The van der Waals surface area contributed by atoms with Gasteiger partial charge < -0.3 is 20.3 Å². The smallest absolute Gasteiger partial charge is 0.321 e. The maximum atomic E-state index is 12.3. The van der Waals surface area contributed by atoms with Crippen LogP contribution >= 0.6 is 0 Å². The predicted molar refractivity (Wildman–Crippen MR) is 80.2 cm³/mol. The first kappa shape index (κ1) is 14.7. The minimum atomic E-state index is -0.0460. The number of carbonyl (C=O) groups excluding carboxylic acids is 1. The third kappa shape index (κ3) is 3.63. The molecule has 2 N–H and O–H groups in total. The molecule has 1 unspecified atom stereocenters. The number of nitrogens with one attached hydrogen (secondary N) is 2. The number of benzene rings is 1. The van der Waals surface area contributed by atoms with Gasteiger partial charge in [-0.25, -0.2) is 4.79 Å². The lowest BCUT2D eigenvalue weighted by molar-refractivity contribution is 0.177. The van der Waals surface area contributed by atoms with Crippen molar-refractivity contribution in [1.29, 1.82) is 0 Å². The van der Waals surface area contributed by atoms with E-state index in [1.54, 1.807) is 7.11 Å². The number of hydrogen-bond donors (Lipinski definition) is 2. The minimum absolute atomic E-state index is 0.0460. The summed E-state index contributed by atoms with van der Waals surface area (Å²) in [6.45, 7) is 2.58. The zero-order valence-corrected chi connectivity index (χ0v) is 12.2.